The predicted molar refractivity (Wildman–Crippen MR) is 109 cm³/mol. The van der Waals surface area contributed by atoms with Crippen LogP contribution in [0.25, 0.3) is 17.0 Å². The van der Waals surface area contributed by atoms with E-state index in [1.54, 1.807) is 18.2 Å². The van der Waals surface area contributed by atoms with Gasteiger partial charge in [0, 0.05) is 18.7 Å². The Kier molecular flexibility index (Phi) is 6.19. The molecule has 1 N–H and O–H groups in total. The average molecular weight is 390 g/mol. The normalized spacial score (nSPS) is 12.2. The molecular formula is C22H20N3O4-. The summed E-state index contributed by atoms with van der Waals surface area (Å²) in [6, 6.07) is 12.8. The number of fused-ring (bicyclic) bond motifs is 1. The number of amides is 1. The van der Waals surface area contributed by atoms with Gasteiger partial charge in [0.15, 0.2) is 0 Å². The van der Waals surface area contributed by atoms with Crippen molar-refractivity contribution in [2.24, 2.45) is 0 Å². The molecule has 1 aromatic heterocycles. The number of hydrogen-bond acceptors (Lipinski definition) is 5. The first kappa shape index (κ1) is 20.0. The lowest BCUT2D eigenvalue weighted by Gasteiger charge is -2.23. The summed E-state index contributed by atoms with van der Waals surface area (Å²) in [6.45, 7) is 1.87. The minimum absolute atomic E-state index is 0.0135. The third kappa shape index (κ3) is 4.57. The highest BCUT2D eigenvalue weighted by atomic mass is 16.6. The average Bonchev–Trinajstić information content (AvgIpc) is 2.72. The third-order valence-electron chi connectivity index (χ3n) is 4.46. The highest BCUT2D eigenvalue weighted by Gasteiger charge is 2.21. The van der Waals surface area contributed by atoms with Gasteiger partial charge in [-0.25, -0.2) is 0 Å². The van der Waals surface area contributed by atoms with Gasteiger partial charge in [0.1, 0.15) is 0 Å². The number of nitro groups is 1. The Morgan fingerprint density at radius 1 is 1.24 bits per heavy atom. The third-order valence-corrected chi connectivity index (χ3v) is 4.46. The van der Waals surface area contributed by atoms with Crippen LogP contribution in [-0.4, -0.2) is 15.8 Å². The van der Waals surface area contributed by atoms with Crippen LogP contribution in [0.1, 0.15) is 36.9 Å². The fourth-order valence-corrected chi connectivity index (χ4v) is 3.08. The molecule has 7 nitrogen and oxygen atoms in total. The Morgan fingerprint density at radius 2 is 2.00 bits per heavy atom. The summed E-state index contributed by atoms with van der Waals surface area (Å²) in [5.74, 6) is -0.677. The molecule has 29 heavy (non-hydrogen) atoms. The molecule has 0 radical (unpaired) electrons. The highest BCUT2D eigenvalue weighted by Crippen LogP contribution is 2.36. The molecule has 0 aliphatic carbocycles. The zero-order chi connectivity index (χ0) is 20.8. The maximum atomic E-state index is 13.0. The molecule has 148 valence electrons. The van der Waals surface area contributed by atoms with Crippen LogP contribution in [0.2, 0.25) is 0 Å². The molecule has 0 fully saturated rings. The Hall–Kier alpha value is -3.74. The minimum atomic E-state index is -0.813. The highest BCUT2D eigenvalue weighted by molar-refractivity contribution is 5.93. The summed E-state index contributed by atoms with van der Waals surface area (Å²) in [6.07, 6.45) is 5.78. The number of aromatic nitrogens is 1. The molecule has 0 saturated carbocycles. The number of carbonyl (C=O) groups excluding carboxylic acids is 1. The lowest BCUT2D eigenvalue weighted by molar-refractivity contribution is -0.383. The van der Waals surface area contributed by atoms with E-state index in [0.29, 0.717) is 6.42 Å². The first-order valence-corrected chi connectivity index (χ1v) is 9.27. The number of rotatable bonds is 7. The summed E-state index contributed by atoms with van der Waals surface area (Å²) in [4.78, 5) is 27.3. The molecule has 2 aromatic carbocycles. The van der Waals surface area contributed by atoms with Gasteiger partial charge in [0.25, 0.3) is 5.69 Å². The number of non-ortho nitro benzene ring substituents is 1. The molecule has 3 aromatic rings. The van der Waals surface area contributed by atoms with Crippen molar-refractivity contribution in [1.29, 1.82) is 0 Å². The van der Waals surface area contributed by atoms with E-state index in [4.69, 9.17) is 0 Å². The van der Waals surface area contributed by atoms with Gasteiger partial charge >= 0.3 is 0 Å². The van der Waals surface area contributed by atoms with Crippen molar-refractivity contribution in [3.63, 3.8) is 0 Å². The number of nitro benzene ring substituents is 1. The molecule has 0 bridgehead atoms. The van der Waals surface area contributed by atoms with Crippen molar-refractivity contribution in [2.75, 3.05) is 0 Å². The molecule has 0 aliphatic rings. The maximum Gasteiger partial charge on any atom is 0.279 e. The fraction of sp³-hybridized carbons (Fsp3) is 0.182. The molecule has 0 unspecified atom stereocenters. The topological polar surface area (TPSA) is 108 Å². The second-order valence-electron chi connectivity index (χ2n) is 6.54. The number of benzene rings is 2. The van der Waals surface area contributed by atoms with E-state index in [2.05, 4.69) is 10.3 Å². The van der Waals surface area contributed by atoms with Gasteiger partial charge in [-0.15, -0.1) is 0 Å². The lowest BCUT2D eigenvalue weighted by Crippen LogP contribution is -2.27. The quantitative estimate of drug-likeness (QED) is 0.486. The van der Waals surface area contributed by atoms with E-state index >= 15 is 0 Å². The second kappa shape index (κ2) is 8.97. The van der Waals surface area contributed by atoms with Gasteiger partial charge in [-0.05, 0) is 29.7 Å². The standard InChI is InChI=1S/C22H21N3O4/c1-2-7-20(26)24-18(12-11-15-8-4-3-5-9-15)17-14-19(25(28)29)16-10-6-13-23-21(16)22(17)27/h3-6,8-14,18,27H,2,7H2,1H3,(H,24,26)/p-1/b12-11+/t18-/m0/s1. The molecule has 1 atom stereocenters. The number of nitrogens with one attached hydrogen (secondary N) is 1. The van der Waals surface area contributed by atoms with Crippen molar-refractivity contribution in [2.45, 2.75) is 25.8 Å². The maximum absolute atomic E-state index is 13.0. The van der Waals surface area contributed by atoms with E-state index in [0.717, 1.165) is 5.56 Å². The van der Waals surface area contributed by atoms with Gasteiger partial charge in [-0.2, -0.15) is 0 Å². The zero-order valence-corrected chi connectivity index (χ0v) is 15.9. The Bertz CT molecular complexity index is 1060. The molecular weight excluding hydrogens is 370 g/mol. The summed E-state index contributed by atoms with van der Waals surface area (Å²) in [5, 5.41) is 27.6. The summed E-state index contributed by atoms with van der Waals surface area (Å²) < 4.78 is 0. The summed E-state index contributed by atoms with van der Waals surface area (Å²) in [7, 11) is 0. The van der Waals surface area contributed by atoms with Crippen LogP contribution in [-0.2, 0) is 4.79 Å². The molecule has 1 heterocycles. The minimum Gasteiger partial charge on any atom is -0.871 e. The SMILES string of the molecule is CCCC(=O)N[C@@H](/C=C/c1ccccc1)c1cc([N+](=O)[O-])c2cccnc2c1[O-]. The van der Waals surface area contributed by atoms with Crippen LogP contribution in [0.3, 0.4) is 0 Å². The van der Waals surface area contributed by atoms with Gasteiger partial charge in [0.2, 0.25) is 5.91 Å². The Labute approximate surface area is 167 Å². The van der Waals surface area contributed by atoms with Crippen LogP contribution in [0, 0.1) is 10.1 Å². The molecule has 1 amide bonds. The van der Waals surface area contributed by atoms with E-state index in [9.17, 15) is 20.0 Å². The van der Waals surface area contributed by atoms with E-state index in [1.807, 2.05) is 37.3 Å². The monoisotopic (exact) mass is 390 g/mol. The fourth-order valence-electron chi connectivity index (χ4n) is 3.08. The number of hydrogen-bond donors (Lipinski definition) is 1. The number of nitrogens with zero attached hydrogens (tertiary/aromatic N) is 2. The van der Waals surface area contributed by atoms with Crippen LogP contribution < -0.4 is 10.4 Å². The van der Waals surface area contributed by atoms with Crippen LogP contribution in [0.4, 0.5) is 5.69 Å². The molecule has 0 aliphatic heterocycles. The zero-order valence-electron chi connectivity index (χ0n) is 15.9. The molecule has 0 spiro atoms. The van der Waals surface area contributed by atoms with Crippen molar-refractivity contribution < 1.29 is 14.8 Å². The van der Waals surface area contributed by atoms with Crippen molar-refractivity contribution in [3.8, 4) is 5.75 Å². The first-order chi connectivity index (χ1) is 14.0. The van der Waals surface area contributed by atoms with E-state index in [-0.39, 0.29) is 34.5 Å². The Morgan fingerprint density at radius 3 is 2.69 bits per heavy atom. The van der Waals surface area contributed by atoms with Gasteiger partial charge in [0.05, 0.1) is 21.9 Å². The van der Waals surface area contributed by atoms with E-state index < -0.39 is 16.7 Å². The van der Waals surface area contributed by atoms with Crippen molar-refractivity contribution in [3.05, 3.63) is 82.0 Å². The second-order valence-corrected chi connectivity index (χ2v) is 6.54. The number of pyridine rings is 1. The van der Waals surface area contributed by atoms with Crippen LogP contribution in [0.5, 0.6) is 5.75 Å². The summed E-state index contributed by atoms with van der Waals surface area (Å²) >= 11 is 0. The molecule has 7 heteroatoms. The largest absolute Gasteiger partial charge is 0.871 e. The van der Waals surface area contributed by atoms with Gasteiger partial charge in [-0.1, -0.05) is 55.2 Å². The van der Waals surface area contributed by atoms with Gasteiger partial charge in [-0.3, -0.25) is 19.9 Å². The number of carbonyl (C=O) groups is 1. The smallest absolute Gasteiger partial charge is 0.279 e. The van der Waals surface area contributed by atoms with Crippen molar-refractivity contribution >= 4 is 28.6 Å². The van der Waals surface area contributed by atoms with Gasteiger partial charge < -0.3 is 10.4 Å². The van der Waals surface area contributed by atoms with Crippen LogP contribution >= 0.6 is 0 Å². The van der Waals surface area contributed by atoms with E-state index in [1.165, 1.54) is 18.3 Å². The summed E-state index contributed by atoms with van der Waals surface area (Å²) in [5.41, 5.74) is 0.785. The predicted octanol–water partition coefficient (Wildman–Crippen LogP) is 3.89. The van der Waals surface area contributed by atoms with Crippen molar-refractivity contribution in [1.82, 2.24) is 10.3 Å². The van der Waals surface area contributed by atoms with Crippen LogP contribution in [0.15, 0.2) is 60.8 Å². The molecule has 3 rings (SSSR count). The molecule has 0 saturated heterocycles. The Balaban J connectivity index is 2.12. The lowest BCUT2D eigenvalue weighted by atomic mass is 9.99. The first-order valence-electron chi connectivity index (χ1n) is 9.27.